The van der Waals surface area contributed by atoms with Crippen molar-refractivity contribution in [3.8, 4) is 5.75 Å². The van der Waals surface area contributed by atoms with Gasteiger partial charge < -0.3 is 4.74 Å². The SMILES string of the molecule is CCOc1cnccc1/C=C(\Cl)c1ccc(C(C)(C)C)cc1. The number of aromatic nitrogens is 1. The number of nitrogens with zero attached hydrogens (tertiary/aromatic N) is 1. The summed E-state index contributed by atoms with van der Waals surface area (Å²) in [5.74, 6) is 0.745. The fourth-order valence-corrected chi connectivity index (χ4v) is 2.38. The Kier molecular flexibility index (Phi) is 5.25. The molecule has 1 heterocycles. The molecule has 0 atom stereocenters. The van der Waals surface area contributed by atoms with Gasteiger partial charge in [-0.1, -0.05) is 56.6 Å². The molecule has 0 N–H and O–H groups in total. The molecule has 22 heavy (non-hydrogen) atoms. The van der Waals surface area contributed by atoms with Crippen LogP contribution in [0.2, 0.25) is 0 Å². The van der Waals surface area contributed by atoms with Gasteiger partial charge in [-0.05, 0) is 35.6 Å². The van der Waals surface area contributed by atoms with E-state index in [9.17, 15) is 0 Å². The molecule has 1 aromatic carbocycles. The molecule has 0 unspecified atom stereocenters. The Morgan fingerprint density at radius 3 is 2.45 bits per heavy atom. The van der Waals surface area contributed by atoms with Gasteiger partial charge in [-0.15, -0.1) is 0 Å². The van der Waals surface area contributed by atoms with Crippen LogP contribution in [0, 0.1) is 0 Å². The van der Waals surface area contributed by atoms with Crippen LogP contribution in [-0.4, -0.2) is 11.6 Å². The maximum atomic E-state index is 6.46. The highest BCUT2D eigenvalue weighted by atomic mass is 35.5. The van der Waals surface area contributed by atoms with Gasteiger partial charge in [0.05, 0.1) is 12.8 Å². The average molecular weight is 316 g/mol. The third kappa shape index (κ3) is 4.11. The lowest BCUT2D eigenvalue weighted by atomic mass is 9.86. The largest absolute Gasteiger partial charge is 0.492 e. The van der Waals surface area contributed by atoms with Crippen molar-refractivity contribution in [1.29, 1.82) is 0 Å². The summed E-state index contributed by atoms with van der Waals surface area (Å²) in [6, 6.07) is 10.3. The lowest BCUT2D eigenvalue weighted by Gasteiger charge is -2.19. The van der Waals surface area contributed by atoms with Crippen LogP contribution in [0.4, 0.5) is 0 Å². The third-order valence-corrected chi connectivity index (χ3v) is 3.75. The molecular formula is C19H22ClNO. The molecule has 2 rings (SSSR count). The van der Waals surface area contributed by atoms with Crippen molar-refractivity contribution in [2.45, 2.75) is 33.1 Å². The minimum absolute atomic E-state index is 0.141. The molecule has 0 fully saturated rings. The Labute approximate surface area is 137 Å². The maximum Gasteiger partial charge on any atom is 0.144 e. The third-order valence-electron chi connectivity index (χ3n) is 3.43. The van der Waals surface area contributed by atoms with Crippen LogP contribution in [0.15, 0.2) is 42.7 Å². The number of ether oxygens (including phenoxy) is 1. The Balaban J connectivity index is 2.29. The molecule has 2 aromatic rings. The lowest BCUT2D eigenvalue weighted by molar-refractivity contribution is 0.338. The summed E-state index contributed by atoms with van der Waals surface area (Å²) >= 11 is 6.46. The molecule has 0 saturated carbocycles. The molecule has 0 aliphatic heterocycles. The van der Waals surface area contributed by atoms with Gasteiger partial charge in [0.1, 0.15) is 5.75 Å². The van der Waals surface area contributed by atoms with Gasteiger partial charge in [-0.25, -0.2) is 0 Å². The Bertz CT molecular complexity index is 654. The van der Waals surface area contributed by atoms with Gasteiger partial charge in [0.25, 0.3) is 0 Å². The Morgan fingerprint density at radius 2 is 1.86 bits per heavy atom. The summed E-state index contributed by atoms with van der Waals surface area (Å²) in [5, 5.41) is 0.688. The lowest BCUT2D eigenvalue weighted by Crippen LogP contribution is -2.10. The van der Waals surface area contributed by atoms with Crippen LogP contribution in [0.5, 0.6) is 5.75 Å². The topological polar surface area (TPSA) is 22.1 Å². The molecule has 0 saturated heterocycles. The van der Waals surface area contributed by atoms with Gasteiger partial charge >= 0.3 is 0 Å². The second-order valence-corrected chi connectivity index (χ2v) is 6.57. The molecular weight excluding hydrogens is 294 g/mol. The number of hydrogen-bond acceptors (Lipinski definition) is 2. The summed E-state index contributed by atoms with van der Waals surface area (Å²) < 4.78 is 5.57. The fraction of sp³-hybridized carbons (Fsp3) is 0.316. The van der Waals surface area contributed by atoms with E-state index in [1.807, 2.05) is 19.1 Å². The van der Waals surface area contributed by atoms with Crippen molar-refractivity contribution in [1.82, 2.24) is 4.98 Å². The molecule has 1 aromatic heterocycles. The first-order chi connectivity index (χ1) is 10.4. The van der Waals surface area contributed by atoms with Crippen molar-refractivity contribution in [2.24, 2.45) is 0 Å². The quantitative estimate of drug-likeness (QED) is 0.741. The first kappa shape index (κ1) is 16.6. The molecule has 0 aliphatic rings. The van der Waals surface area contributed by atoms with Crippen LogP contribution in [0.3, 0.4) is 0 Å². The summed E-state index contributed by atoms with van der Waals surface area (Å²) in [4.78, 5) is 4.09. The normalized spacial score (nSPS) is 12.3. The Hall–Kier alpha value is -1.80. The maximum absolute atomic E-state index is 6.46. The number of halogens is 1. The van der Waals surface area contributed by atoms with E-state index >= 15 is 0 Å². The summed E-state index contributed by atoms with van der Waals surface area (Å²) in [6.45, 7) is 9.15. The van der Waals surface area contributed by atoms with Crippen LogP contribution in [0.1, 0.15) is 44.4 Å². The molecule has 0 radical (unpaired) electrons. The van der Waals surface area contributed by atoms with Gasteiger partial charge in [-0.2, -0.15) is 0 Å². The van der Waals surface area contributed by atoms with Crippen molar-refractivity contribution in [3.63, 3.8) is 0 Å². The van der Waals surface area contributed by atoms with E-state index in [2.05, 4.69) is 50.0 Å². The van der Waals surface area contributed by atoms with Gasteiger partial charge in [0, 0.05) is 16.8 Å². The predicted molar refractivity (Wildman–Crippen MR) is 94.3 cm³/mol. The van der Waals surface area contributed by atoms with E-state index in [1.165, 1.54) is 5.56 Å². The molecule has 116 valence electrons. The highest BCUT2D eigenvalue weighted by Gasteiger charge is 2.13. The number of rotatable bonds is 4. The van der Waals surface area contributed by atoms with E-state index < -0.39 is 0 Å². The van der Waals surface area contributed by atoms with E-state index in [4.69, 9.17) is 16.3 Å². The second kappa shape index (κ2) is 6.97. The number of hydrogen-bond donors (Lipinski definition) is 0. The zero-order valence-electron chi connectivity index (χ0n) is 13.6. The standard InChI is InChI=1S/C19H22ClNO/c1-5-22-18-13-21-11-10-15(18)12-17(20)14-6-8-16(9-7-14)19(2,3)4/h6-13H,5H2,1-4H3/b17-12-. The zero-order chi connectivity index (χ0) is 16.2. The summed E-state index contributed by atoms with van der Waals surface area (Å²) in [5.41, 5.74) is 3.36. The second-order valence-electron chi connectivity index (χ2n) is 6.17. The van der Waals surface area contributed by atoms with E-state index in [1.54, 1.807) is 12.4 Å². The molecule has 3 heteroatoms. The molecule has 0 spiro atoms. The van der Waals surface area contributed by atoms with Crippen LogP contribution >= 0.6 is 11.6 Å². The van der Waals surface area contributed by atoms with Crippen molar-refractivity contribution >= 4 is 22.7 Å². The van der Waals surface area contributed by atoms with E-state index in [0.29, 0.717) is 11.6 Å². The van der Waals surface area contributed by atoms with Crippen molar-refractivity contribution in [3.05, 3.63) is 59.4 Å². The smallest absolute Gasteiger partial charge is 0.144 e. The van der Waals surface area contributed by atoms with Crippen molar-refractivity contribution in [2.75, 3.05) is 6.61 Å². The van der Waals surface area contributed by atoms with Gasteiger partial charge in [0.2, 0.25) is 0 Å². The zero-order valence-corrected chi connectivity index (χ0v) is 14.3. The van der Waals surface area contributed by atoms with E-state index in [-0.39, 0.29) is 5.41 Å². The molecule has 0 aliphatic carbocycles. The number of pyridine rings is 1. The van der Waals surface area contributed by atoms with Crippen LogP contribution in [-0.2, 0) is 5.41 Å². The molecule has 2 nitrogen and oxygen atoms in total. The van der Waals surface area contributed by atoms with Crippen LogP contribution < -0.4 is 4.74 Å². The minimum Gasteiger partial charge on any atom is -0.492 e. The van der Waals surface area contributed by atoms with E-state index in [0.717, 1.165) is 16.9 Å². The highest BCUT2D eigenvalue weighted by molar-refractivity contribution is 6.51. The summed E-state index contributed by atoms with van der Waals surface area (Å²) in [7, 11) is 0. The van der Waals surface area contributed by atoms with Gasteiger partial charge in [0.15, 0.2) is 0 Å². The van der Waals surface area contributed by atoms with Crippen molar-refractivity contribution < 1.29 is 4.74 Å². The van der Waals surface area contributed by atoms with Crippen LogP contribution in [0.25, 0.3) is 11.1 Å². The Morgan fingerprint density at radius 1 is 1.18 bits per heavy atom. The first-order valence-corrected chi connectivity index (χ1v) is 7.84. The summed E-state index contributed by atoms with van der Waals surface area (Å²) in [6.07, 6.45) is 5.36. The molecule has 0 bridgehead atoms. The minimum atomic E-state index is 0.141. The monoisotopic (exact) mass is 315 g/mol. The number of benzene rings is 1. The highest BCUT2D eigenvalue weighted by Crippen LogP contribution is 2.29. The predicted octanol–water partition coefficient (Wildman–Crippen LogP) is 5.51. The first-order valence-electron chi connectivity index (χ1n) is 7.46. The fourth-order valence-electron chi connectivity index (χ4n) is 2.14. The average Bonchev–Trinajstić information content (AvgIpc) is 2.49. The molecule has 0 amide bonds. The van der Waals surface area contributed by atoms with Gasteiger partial charge in [-0.3, -0.25) is 4.98 Å².